The van der Waals surface area contributed by atoms with Crippen LogP contribution in [-0.4, -0.2) is 54.8 Å². The molecule has 0 saturated carbocycles. The maximum absolute atomic E-state index is 13.6. The van der Waals surface area contributed by atoms with E-state index in [1.165, 1.54) is 10.4 Å². The van der Waals surface area contributed by atoms with Gasteiger partial charge in [0.2, 0.25) is 10.0 Å². The summed E-state index contributed by atoms with van der Waals surface area (Å²) in [6.45, 7) is 1.28. The molecule has 3 heterocycles. The molecule has 1 saturated heterocycles. The van der Waals surface area contributed by atoms with E-state index < -0.39 is 15.8 Å². The highest BCUT2D eigenvalue weighted by Crippen LogP contribution is 2.30. The standard InChI is InChI=1S/C24H23BCl2FN5O2S/c25-18-13-30-33-23(11-22(31-24(18)33)17-5-1-2-6-19(17)26)29-12-15-4-3-9-32(14-15)36(34,35)16-7-8-21(28)20(27)10-16/h1-2,5-8,10-11,13,15,29H,3-4,9,12,14,25H2. The van der Waals surface area contributed by atoms with Crippen molar-refractivity contribution in [2.24, 2.45) is 5.92 Å². The molecule has 1 aliphatic rings. The quantitative estimate of drug-likeness (QED) is 0.374. The Kier molecular flexibility index (Phi) is 6.96. The van der Waals surface area contributed by atoms with Gasteiger partial charge in [-0.1, -0.05) is 41.4 Å². The van der Waals surface area contributed by atoms with Gasteiger partial charge in [-0.25, -0.2) is 17.8 Å². The zero-order valence-electron chi connectivity index (χ0n) is 19.5. The number of aromatic nitrogens is 3. The molecule has 1 N–H and O–H groups in total. The molecule has 1 fully saturated rings. The summed E-state index contributed by atoms with van der Waals surface area (Å²) in [5.41, 5.74) is 3.19. The van der Waals surface area contributed by atoms with Gasteiger partial charge >= 0.3 is 0 Å². The molecule has 0 bridgehead atoms. The molecule has 2 aromatic heterocycles. The number of anilines is 1. The van der Waals surface area contributed by atoms with Gasteiger partial charge in [0.05, 0.1) is 15.6 Å². The number of halogens is 3. The Hall–Kier alpha value is -2.66. The van der Waals surface area contributed by atoms with Gasteiger partial charge in [-0.2, -0.15) is 13.9 Å². The largest absolute Gasteiger partial charge is 0.370 e. The SMILES string of the molecule is Bc1cnn2c(NCC3CCCN(S(=O)(=O)c4ccc(F)c(Cl)c4)C3)cc(-c3ccccc3Cl)nc12. The van der Waals surface area contributed by atoms with E-state index in [-0.39, 0.29) is 15.8 Å². The summed E-state index contributed by atoms with van der Waals surface area (Å²) in [6.07, 6.45) is 3.34. The van der Waals surface area contributed by atoms with Crippen molar-refractivity contribution in [1.82, 2.24) is 18.9 Å². The van der Waals surface area contributed by atoms with Gasteiger partial charge in [-0.3, -0.25) is 0 Å². The van der Waals surface area contributed by atoms with Crippen molar-refractivity contribution in [3.63, 3.8) is 0 Å². The molecule has 2 aromatic carbocycles. The highest BCUT2D eigenvalue weighted by Gasteiger charge is 2.31. The molecule has 36 heavy (non-hydrogen) atoms. The van der Waals surface area contributed by atoms with E-state index in [0.29, 0.717) is 24.7 Å². The van der Waals surface area contributed by atoms with Crippen LogP contribution in [0.25, 0.3) is 16.9 Å². The average Bonchev–Trinajstić information content (AvgIpc) is 3.25. The summed E-state index contributed by atoms with van der Waals surface area (Å²) in [5, 5.41) is 8.30. The third-order valence-electron chi connectivity index (χ3n) is 6.38. The Labute approximate surface area is 219 Å². The van der Waals surface area contributed by atoms with E-state index in [1.54, 1.807) is 10.7 Å². The van der Waals surface area contributed by atoms with Gasteiger partial charge < -0.3 is 5.32 Å². The summed E-state index contributed by atoms with van der Waals surface area (Å²) >= 11 is 12.3. The van der Waals surface area contributed by atoms with E-state index in [9.17, 15) is 12.8 Å². The number of rotatable bonds is 6. The molecule has 0 radical (unpaired) electrons. The van der Waals surface area contributed by atoms with Crippen LogP contribution in [0.2, 0.25) is 10.0 Å². The van der Waals surface area contributed by atoms with Gasteiger partial charge in [-0.05, 0) is 48.5 Å². The first-order valence-electron chi connectivity index (χ1n) is 11.5. The Bertz CT molecular complexity index is 1550. The summed E-state index contributed by atoms with van der Waals surface area (Å²) in [7, 11) is -1.84. The van der Waals surface area contributed by atoms with Crippen LogP contribution in [0.3, 0.4) is 0 Å². The van der Waals surface area contributed by atoms with E-state index >= 15 is 0 Å². The predicted molar refractivity (Wildman–Crippen MR) is 143 cm³/mol. The van der Waals surface area contributed by atoms with E-state index in [2.05, 4.69) is 10.4 Å². The van der Waals surface area contributed by atoms with Crippen molar-refractivity contribution in [1.29, 1.82) is 0 Å². The molecule has 5 rings (SSSR count). The Morgan fingerprint density at radius 3 is 2.72 bits per heavy atom. The second kappa shape index (κ2) is 10.0. The van der Waals surface area contributed by atoms with Crippen LogP contribution in [0.5, 0.6) is 0 Å². The number of piperidine rings is 1. The van der Waals surface area contributed by atoms with Crippen LogP contribution in [0, 0.1) is 11.7 Å². The minimum absolute atomic E-state index is 0.00486. The number of sulfonamides is 1. The number of hydrogen-bond donors (Lipinski definition) is 1. The first kappa shape index (κ1) is 25.0. The normalized spacial score (nSPS) is 16.9. The molecule has 1 atom stereocenters. The highest BCUT2D eigenvalue weighted by atomic mass is 35.5. The lowest BCUT2D eigenvalue weighted by Crippen LogP contribution is -2.41. The minimum atomic E-state index is -3.78. The summed E-state index contributed by atoms with van der Waals surface area (Å²) in [6, 6.07) is 12.9. The maximum atomic E-state index is 13.6. The molecule has 1 aliphatic heterocycles. The number of nitrogens with zero attached hydrogens (tertiary/aromatic N) is 4. The summed E-state index contributed by atoms with van der Waals surface area (Å²) in [4.78, 5) is 4.76. The molecule has 0 aliphatic carbocycles. The zero-order chi connectivity index (χ0) is 25.4. The third kappa shape index (κ3) is 4.82. The van der Waals surface area contributed by atoms with E-state index in [1.807, 2.05) is 38.2 Å². The van der Waals surface area contributed by atoms with Gasteiger partial charge in [0, 0.05) is 42.5 Å². The van der Waals surface area contributed by atoms with Crippen molar-refractivity contribution >= 4 is 58.0 Å². The van der Waals surface area contributed by atoms with Crippen LogP contribution in [0.4, 0.5) is 10.2 Å². The Morgan fingerprint density at radius 2 is 1.94 bits per heavy atom. The van der Waals surface area contributed by atoms with Crippen molar-refractivity contribution in [3.8, 4) is 11.3 Å². The van der Waals surface area contributed by atoms with Crippen LogP contribution in [-0.2, 0) is 10.0 Å². The number of benzene rings is 2. The number of fused-ring (bicyclic) bond motifs is 1. The smallest absolute Gasteiger partial charge is 0.243 e. The topological polar surface area (TPSA) is 79.6 Å². The summed E-state index contributed by atoms with van der Waals surface area (Å²) < 4.78 is 43.1. The highest BCUT2D eigenvalue weighted by molar-refractivity contribution is 7.89. The first-order chi connectivity index (χ1) is 17.2. The molecule has 0 spiro atoms. The van der Waals surface area contributed by atoms with Gasteiger partial charge in [0.15, 0.2) is 5.65 Å². The fraction of sp³-hybridized carbons (Fsp3) is 0.250. The third-order valence-corrected chi connectivity index (χ3v) is 8.86. The van der Waals surface area contributed by atoms with Crippen LogP contribution in [0.1, 0.15) is 12.8 Å². The van der Waals surface area contributed by atoms with Crippen LogP contribution in [0.15, 0.2) is 59.6 Å². The monoisotopic (exact) mass is 545 g/mol. The molecule has 7 nitrogen and oxygen atoms in total. The summed E-state index contributed by atoms with van der Waals surface area (Å²) in [5.74, 6) is 0.159. The molecule has 12 heteroatoms. The fourth-order valence-corrected chi connectivity index (χ4v) is 6.51. The first-order valence-corrected chi connectivity index (χ1v) is 13.7. The van der Waals surface area contributed by atoms with Crippen LogP contribution < -0.4 is 10.8 Å². The van der Waals surface area contributed by atoms with E-state index in [4.69, 9.17) is 28.2 Å². The molecule has 0 amide bonds. The Morgan fingerprint density at radius 1 is 1.14 bits per heavy atom. The molecular formula is C24H23BCl2FN5O2S. The lowest BCUT2D eigenvalue weighted by Gasteiger charge is -2.32. The van der Waals surface area contributed by atoms with Crippen molar-refractivity contribution in [3.05, 3.63) is 70.6 Å². The lowest BCUT2D eigenvalue weighted by molar-refractivity contribution is 0.275. The lowest BCUT2D eigenvalue weighted by atomic mass is 9.99. The molecule has 1 unspecified atom stereocenters. The van der Waals surface area contributed by atoms with Gasteiger partial charge in [0.1, 0.15) is 19.5 Å². The number of nitrogens with one attached hydrogen (secondary N) is 1. The zero-order valence-corrected chi connectivity index (χ0v) is 21.8. The maximum Gasteiger partial charge on any atom is 0.243 e. The average molecular weight is 546 g/mol. The minimum Gasteiger partial charge on any atom is -0.370 e. The van der Waals surface area contributed by atoms with Crippen molar-refractivity contribution in [2.45, 2.75) is 17.7 Å². The fourth-order valence-electron chi connectivity index (χ4n) is 4.45. The van der Waals surface area contributed by atoms with E-state index in [0.717, 1.165) is 53.2 Å². The van der Waals surface area contributed by atoms with Crippen molar-refractivity contribution in [2.75, 3.05) is 25.0 Å². The second-order valence-corrected chi connectivity index (χ2v) is 11.6. The number of hydrogen-bond acceptors (Lipinski definition) is 5. The molecular weight excluding hydrogens is 523 g/mol. The van der Waals surface area contributed by atoms with Gasteiger partial charge in [-0.15, -0.1) is 0 Å². The van der Waals surface area contributed by atoms with Gasteiger partial charge in [0.25, 0.3) is 0 Å². The predicted octanol–water partition coefficient (Wildman–Crippen LogP) is 3.61. The Balaban J connectivity index is 1.37. The molecule has 186 valence electrons. The molecule has 4 aromatic rings. The van der Waals surface area contributed by atoms with Crippen molar-refractivity contribution < 1.29 is 12.8 Å². The van der Waals surface area contributed by atoms with Crippen LogP contribution >= 0.6 is 23.2 Å². The second-order valence-electron chi connectivity index (χ2n) is 8.90.